The summed E-state index contributed by atoms with van der Waals surface area (Å²) in [6.07, 6.45) is 0.497. The van der Waals surface area contributed by atoms with Crippen LogP contribution in [-0.2, 0) is 16.4 Å². The molecule has 0 bridgehead atoms. The van der Waals surface area contributed by atoms with Crippen molar-refractivity contribution in [2.75, 3.05) is 13.2 Å². The molecular formula is C33H33N3O4S. The summed E-state index contributed by atoms with van der Waals surface area (Å²) >= 11 is 0. The van der Waals surface area contributed by atoms with Crippen molar-refractivity contribution < 1.29 is 13.2 Å². The van der Waals surface area contributed by atoms with Crippen LogP contribution < -0.4 is 10.3 Å². The number of hydrogen-bond acceptors (Lipinski definition) is 5. The number of benzene rings is 4. The SMILES string of the molecule is CCOc1ccc(-n2c(C(C)N(CCc3ccccc3)S(=O)(=O)c3ccc(C)cc3)nc3ccccc3c2=O)cc1. The first-order valence-corrected chi connectivity index (χ1v) is 15.1. The quantitative estimate of drug-likeness (QED) is 0.204. The average molecular weight is 568 g/mol. The molecule has 1 atom stereocenters. The maximum Gasteiger partial charge on any atom is 0.266 e. The summed E-state index contributed by atoms with van der Waals surface area (Å²) in [5.41, 5.74) is 2.80. The molecule has 5 rings (SSSR count). The summed E-state index contributed by atoms with van der Waals surface area (Å²) in [5.74, 6) is 1.01. The summed E-state index contributed by atoms with van der Waals surface area (Å²) in [7, 11) is -3.96. The number of aromatic nitrogens is 2. The molecule has 210 valence electrons. The van der Waals surface area contributed by atoms with Crippen molar-refractivity contribution in [1.82, 2.24) is 13.9 Å². The maximum absolute atomic E-state index is 14.2. The summed E-state index contributed by atoms with van der Waals surface area (Å²) in [6.45, 7) is 6.34. The van der Waals surface area contributed by atoms with Crippen LogP contribution in [0.15, 0.2) is 113 Å². The van der Waals surface area contributed by atoms with Gasteiger partial charge in [0.1, 0.15) is 11.6 Å². The van der Waals surface area contributed by atoms with Crippen LogP contribution >= 0.6 is 0 Å². The van der Waals surface area contributed by atoms with E-state index in [1.165, 1.54) is 8.87 Å². The Morgan fingerprint density at radius 3 is 2.22 bits per heavy atom. The molecule has 0 amide bonds. The van der Waals surface area contributed by atoms with Gasteiger partial charge in [0.05, 0.1) is 34.1 Å². The third kappa shape index (κ3) is 5.94. The van der Waals surface area contributed by atoms with Crippen molar-refractivity contribution in [1.29, 1.82) is 0 Å². The van der Waals surface area contributed by atoms with Crippen LogP contribution in [0.4, 0.5) is 0 Å². The molecule has 0 N–H and O–H groups in total. The number of sulfonamides is 1. The number of rotatable bonds is 10. The van der Waals surface area contributed by atoms with E-state index in [0.717, 1.165) is 11.1 Å². The van der Waals surface area contributed by atoms with Gasteiger partial charge in [-0.2, -0.15) is 4.31 Å². The third-order valence-corrected chi connectivity index (χ3v) is 9.09. The van der Waals surface area contributed by atoms with Crippen molar-refractivity contribution in [3.63, 3.8) is 0 Å². The molecule has 0 spiro atoms. The van der Waals surface area contributed by atoms with Gasteiger partial charge in [-0.1, -0.05) is 60.2 Å². The van der Waals surface area contributed by atoms with Crippen LogP contribution in [0.1, 0.15) is 36.8 Å². The highest BCUT2D eigenvalue weighted by Gasteiger charge is 2.33. The lowest BCUT2D eigenvalue weighted by Gasteiger charge is -2.30. The minimum absolute atomic E-state index is 0.193. The topological polar surface area (TPSA) is 81.5 Å². The Morgan fingerprint density at radius 1 is 0.878 bits per heavy atom. The number of nitrogens with zero attached hydrogens (tertiary/aromatic N) is 3. The fraction of sp³-hybridized carbons (Fsp3) is 0.212. The van der Waals surface area contributed by atoms with Crippen LogP contribution in [0.2, 0.25) is 0 Å². The van der Waals surface area contributed by atoms with E-state index >= 15 is 0 Å². The Hall–Kier alpha value is -4.27. The lowest BCUT2D eigenvalue weighted by molar-refractivity contribution is 0.330. The van der Waals surface area contributed by atoms with E-state index in [1.807, 2.05) is 50.2 Å². The Labute approximate surface area is 240 Å². The predicted octanol–water partition coefficient (Wildman–Crippen LogP) is 6.09. The van der Waals surface area contributed by atoms with Crippen molar-refractivity contribution >= 4 is 20.9 Å². The average Bonchev–Trinajstić information content (AvgIpc) is 2.98. The van der Waals surface area contributed by atoms with Gasteiger partial charge in [0.25, 0.3) is 5.56 Å². The molecule has 0 saturated carbocycles. The van der Waals surface area contributed by atoms with E-state index in [2.05, 4.69) is 0 Å². The van der Waals surface area contributed by atoms with Gasteiger partial charge in [-0.25, -0.2) is 13.4 Å². The molecule has 1 heterocycles. The second-order valence-corrected chi connectivity index (χ2v) is 11.8. The highest BCUT2D eigenvalue weighted by molar-refractivity contribution is 7.89. The second kappa shape index (κ2) is 12.1. The Balaban J connectivity index is 1.67. The van der Waals surface area contributed by atoms with E-state index in [9.17, 15) is 13.2 Å². The number of fused-ring (bicyclic) bond motifs is 1. The standard InChI is InChI=1S/C33H33N3O4S/c1-4-40-28-18-16-27(17-19-28)36-32(34-31-13-9-8-12-30(31)33(36)37)25(3)35(23-22-26-10-6-5-7-11-26)41(38,39)29-20-14-24(2)15-21-29/h5-21,25H,4,22-23H2,1-3H3. The van der Waals surface area contributed by atoms with E-state index in [0.29, 0.717) is 41.2 Å². The number of hydrogen-bond donors (Lipinski definition) is 0. The van der Waals surface area contributed by atoms with Gasteiger partial charge >= 0.3 is 0 Å². The summed E-state index contributed by atoms with van der Waals surface area (Å²) in [6, 6.07) is 30.1. The van der Waals surface area contributed by atoms with Gasteiger partial charge in [-0.05, 0) is 81.3 Å². The molecule has 7 nitrogen and oxygen atoms in total. The lowest BCUT2D eigenvalue weighted by Crippen LogP contribution is -2.38. The molecule has 4 aromatic carbocycles. The molecule has 0 aliphatic carbocycles. The molecular weight excluding hydrogens is 534 g/mol. The zero-order valence-electron chi connectivity index (χ0n) is 23.4. The Morgan fingerprint density at radius 2 is 1.54 bits per heavy atom. The highest BCUT2D eigenvalue weighted by atomic mass is 32.2. The predicted molar refractivity (Wildman–Crippen MR) is 162 cm³/mol. The molecule has 1 aromatic heterocycles. The normalized spacial score (nSPS) is 12.5. The van der Waals surface area contributed by atoms with Crippen LogP contribution in [0, 0.1) is 6.92 Å². The van der Waals surface area contributed by atoms with Crippen molar-refractivity contribution in [3.8, 4) is 11.4 Å². The lowest BCUT2D eigenvalue weighted by atomic mass is 10.1. The zero-order valence-corrected chi connectivity index (χ0v) is 24.2. The molecule has 41 heavy (non-hydrogen) atoms. The minimum Gasteiger partial charge on any atom is -0.494 e. The Bertz CT molecular complexity index is 1800. The monoisotopic (exact) mass is 567 g/mol. The van der Waals surface area contributed by atoms with Crippen LogP contribution in [0.3, 0.4) is 0 Å². The number of para-hydroxylation sites is 1. The van der Waals surface area contributed by atoms with Crippen molar-refractivity contribution in [2.24, 2.45) is 0 Å². The fourth-order valence-corrected chi connectivity index (χ4v) is 6.51. The molecule has 0 fully saturated rings. The molecule has 0 aliphatic rings. The van der Waals surface area contributed by atoms with Crippen molar-refractivity contribution in [2.45, 2.75) is 38.1 Å². The van der Waals surface area contributed by atoms with E-state index in [-0.39, 0.29) is 17.0 Å². The van der Waals surface area contributed by atoms with Crippen molar-refractivity contribution in [3.05, 3.63) is 130 Å². The van der Waals surface area contributed by atoms with E-state index in [4.69, 9.17) is 9.72 Å². The second-order valence-electron chi connectivity index (χ2n) is 9.90. The van der Waals surface area contributed by atoms with Crippen LogP contribution in [-0.4, -0.2) is 35.4 Å². The summed E-state index contributed by atoms with van der Waals surface area (Å²) < 4.78 is 36.9. The highest BCUT2D eigenvalue weighted by Crippen LogP contribution is 2.29. The summed E-state index contributed by atoms with van der Waals surface area (Å²) in [4.78, 5) is 19.0. The largest absolute Gasteiger partial charge is 0.494 e. The smallest absolute Gasteiger partial charge is 0.266 e. The zero-order chi connectivity index (χ0) is 29.0. The fourth-order valence-electron chi connectivity index (χ4n) is 4.92. The first-order chi connectivity index (χ1) is 19.8. The Kier molecular flexibility index (Phi) is 8.33. The molecule has 5 aromatic rings. The molecule has 0 radical (unpaired) electrons. The van der Waals surface area contributed by atoms with Crippen LogP contribution in [0.5, 0.6) is 5.75 Å². The number of aryl methyl sites for hydroxylation is 1. The molecule has 0 aliphatic heterocycles. The molecule has 8 heteroatoms. The van der Waals surface area contributed by atoms with Gasteiger partial charge in [0.15, 0.2) is 0 Å². The minimum atomic E-state index is -3.96. The van der Waals surface area contributed by atoms with E-state index in [1.54, 1.807) is 73.7 Å². The molecule has 1 unspecified atom stereocenters. The van der Waals surface area contributed by atoms with Gasteiger partial charge in [-0.15, -0.1) is 0 Å². The van der Waals surface area contributed by atoms with Gasteiger partial charge < -0.3 is 4.74 Å². The number of ether oxygens (including phenoxy) is 1. The van der Waals surface area contributed by atoms with Crippen LogP contribution in [0.25, 0.3) is 16.6 Å². The first-order valence-electron chi connectivity index (χ1n) is 13.7. The first kappa shape index (κ1) is 28.3. The van der Waals surface area contributed by atoms with Gasteiger partial charge in [0.2, 0.25) is 10.0 Å². The summed E-state index contributed by atoms with van der Waals surface area (Å²) in [5, 5.41) is 0.453. The van der Waals surface area contributed by atoms with Gasteiger partial charge in [-0.3, -0.25) is 9.36 Å². The molecule has 0 saturated heterocycles. The van der Waals surface area contributed by atoms with E-state index < -0.39 is 16.1 Å². The van der Waals surface area contributed by atoms with Gasteiger partial charge in [0, 0.05) is 6.54 Å². The third-order valence-electron chi connectivity index (χ3n) is 7.10. The maximum atomic E-state index is 14.2.